The minimum atomic E-state index is 0.262. The summed E-state index contributed by atoms with van der Waals surface area (Å²) in [6.07, 6.45) is 3.49. The van der Waals surface area contributed by atoms with Crippen LogP contribution in [0.15, 0.2) is 0 Å². The van der Waals surface area contributed by atoms with E-state index in [0.717, 1.165) is 19.5 Å². The van der Waals surface area contributed by atoms with Gasteiger partial charge >= 0.3 is 0 Å². The molecule has 1 amide bonds. The van der Waals surface area contributed by atoms with Gasteiger partial charge in [0.25, 0.3) is 0 Å². The summed E-state index contributed by atoms with van der Waals surface area (Å²) in [5.74, 6) is 0.913. The Kier molecular flexibility index (Phi) is 6.80. The molecule has 19 heavy (non-hydrogen) atoms. The molecule has 0 aromatic heterocycles. The molecule has 0 bridgehead atoms. The molecule has 1 aliphatic rings. The van der Waals surface area contributed by atoms with Gasteiger partial charge in [-0.2, -0.15) is 0 Å². The van der Waals surface area contributed by atoms with Crippen molar-refractivity contribution in [3.63, 3.8) is 0 Å². The molecule has 1 fully saturated rings. The highest BCUT2D eigenvalue weighted by Crippen LogP contribution is 2.26. The number of rotatable bonds is 9. The fourth-order valence-electron chi connectivity index (χ4n) is 2.59. The number of hydrogen-bond acceptors (Lipinski definition) is 3. The molecular weight excluding hydrogens is 238 g/mol. The first-order valence-electron chi connectivity index (χ1n) is 7.61. The number of carbonyl (C=O) groups is 1. The number of carbonyl (C=O) groups excluding carboxylic acids is 1. The van der Waals surface area contributed by atoms with Crippen molar-refractivity contribution in [3.8, 4) is 0 Å². The molecule has 1 atom stereocenters. The van der Waals surface area contributed by atoms with Crippen LogP contribution in [0.1, 0.15) is 40.0 Å². The molecular formula is C15H31N3O. The van der Waals surface area contributed by atoms with Crippen LogP contribution in [0, 0.1) is 5.92 Å². The Morgan fingerprint density at radius 1 is 1.32 bits per heavy atom. The van der Waals surface area contributed by atoms with Crippen molar-refractivity contribution in [2.45, 2.75) is 52.1 Å². The number of nitrogens with one attached hydrogen (secondary N) is 1. The quantitative estimate of drug-likeness (QED) is 0.690. The van der Waals surface area contributed by atoms with E-state index in [0.29, 0.717) is 24.5 Å². The van der Waals surface area contributed by atoms with Gasteiger partial charge < -0.3 is 15.1 Å². The molecule has 0 aliphatic heterocycles. The van der Waals surface area contributed by atoms with Crippen LogP contribution in [0.4, 0.5) is 0 Å². The van der Waals surface area contributed by atoms with Gasteiger partial charge in [0.2, 0.25) is 5.91 Å². The van der Waals surface area contributed by atoms with Crippen molar-refractivity contribution >= 4 is 5.91 Å². The lowest BCUT2D eigenvalue weighted by atomic mass is 10.0. The van der Waals surface area contributed by atoms with Gasteiger partial charge in [0.15, 0.2) is 0 Å². The highest BCUT2D eigenvalue weighted by molar-refractivity contribution is 5.78. The fourth-order valence-corrected chi connectivity index (χ4v) is 2.59. The summed E-state index contributed by atoms with van der Waals surface area (Å²) < 4.78 is 0. The van der Waals surface area contributed by atoms with Crippen LogP contribution < -0.4 is 5.32 Å². The lowest BCUT2D eigenvalue weighted by molar-refractivity contribution is -0.130. The van der Waals surface area contributed by atoms with Crippen molar-refractivity contribution in [3.05, 3.63) is 0 Å². The lowest BCUT2D eigenvalue weighted by Gasteiger charge is -2.26. The predicted octanol–water partition coefficient (Wildman–Crippen LogP) is 1.56. The normalized spacial score (nSPS) is 17.0. The third-order valence-corrected chi connectivity index (χ3v) is 3.53. The summed E-state index contributed by atoms with van der Waals surface area (Å²) in [4.78, 5) is 16.4. The Labute approximate surface area is 118 Å². The molecule has 0 saturated heterocycles. The monoisotopic (exact) mass is 269 g/mol. The maximum atomic E-state index is 12.2. The van der Waals surface area contributed by atoms with Gasteiger partial charge in [-0.3, -0.25) is 4.79 Å². The van der Waals surface area contributed by atoms with Crippen LogP contribution in [-0.4, -0.2) is 61.5 Å². The minimum absolute atomic E-state index is 0.262. The molecule has 0 heterocycles. The van der Waals surface area contributed by atoms with Crippen molar-refractivity contribution in [1.82, 2.24) is 15.1 Å². The smallest absolute Gasteiger partial charge is 0.236 e. The largest absolute Gasteiger partial charge is 0.339 e. The topological polar surface area (TPSA) is 35.6 Å². The summed E-state index contributed by atoms with van der Waals surface area (Å²) in [6.45, 7) is 8.84. The van der Waals surface area contributed by atoms with E-state index < -0.39 is 0 Å². The van der Waals surface area contributed by atoms with Crippen molar-refractivity contribution < 1.29 is 4.79 Å². The number of nitrogens with zero attached hydrogens (tertiary/aromatic N) is 2. The number of amides is 1. The summed E-state index contributed by atoms with van der Waals surface area (Å²) in [5.41, 5.74) is 0. The molecule has 0 radical (unpaired) electrons. The van der Waals surface area contributed by atoms with Gasteiger partial charge in [-0.1, -0.05) is 13.8 Å². The second-order valence-electron chi connectivity index (χ2n) is 6.38. The molecule has 1 saturated carbocycles. The zero-order chi connectivity index (χ0) is 14.4. The Morgan fingerprint density at radius 3 is 2.37 bits per heavy atom. The molecule has 0 spiro atoms. The Hall–Kier alpha value is -0.610. The second-order valence-corrected chi connectivity index (χ2v) is 6.38. The summed E-state index contributed by atoms with van der Waals surface area (Å²) in [6, 6.07) is 0.925. The van der Waals surface area contributed by atoms with Crippen LogP contribution in [0.25, 0.3) is 0 Å². The summed E-state index contributed by atoms with van der Waals surface area (Å²) >= 11 is 0. The summed E-state index contributed by atoms with van der Waals surface area (Å²) in [5, 5.41) is 3.45. The molecule has 1 N–H and O–H groups in total. The third kappa shape index (κ3) is 6.39. The fraction of sp³-hybridized carbons (Fsp3) is 0.933. The molecule has 4 heteroatoms. The standard InChI is InChI=1S/C15H31N3O/c1-6-18(14-7-8-14)15(19)10-16-13(9-12(2)3)11-17(4)5/h12-14,16H,6-11H2,1-5H3. The van der Waals surface area contributed by atoms with Gasteiger partial charge in [0.1, 0.15) is 0 Å². The van der Waals surface area contributed by atoms with Gasteiger partial charge in [-0.15, -0.1) is 0 Å². The van der Waals surface area contributed by atoms with Crippen LogP contribution in [0.5, 0.6) is 0 Å². The van der Waals surface area contributed by atoms with Crippen molar-refractivity contribution in [2.75, 3.05) is 33.7 Å². The van der Waals surface area contributed by atoms with Crippen LogP contribution >= 0.6 is 0 Å². The van der Waals surface area contributed by atoms with E-state index in [9.17, 15) is 4.79 Å². The van der Waals surface area contributed by atoms with Crippen molar-refractivity contribution in [1.29, 1.82) is 0 Å². The molecule has 0 aromatic carbocycles. The van der Waals surface area contributed by atoms with Crippen LogP contribution in [0.3, 0.4) is 0 Å². The molecule has 0 aromatic rings. The van der Waals surface area contributed by atoms with Crippen molar-refractivity contribution in [2.24, 2.45) is 5.92 Å². The van der Waals surface area contributed by atoms with E-state index in [4.69, 9.17) is 0 Å². The highest BCUT2D eigenvalue weighted by atomic mass is 16.2. The van der Waals surface area contributed by atoms with Gasteiger partial charge in [0, 0.05) is 25.2 Å². The van der Waals surface area contributed by atoms with Gasteiger partial charge in [-0.05, 0) is 46.2 Å². The van der Waals surface area contributed by atoms with E-state index in [-0.39, 0.29) is 5.91 Å². The van der Waals surface area contributed by atoms with E-state index in [1.165, 1.54) is 12.8 Å². The van der Waals surface area contributed by atoms with E-state index in [1.807, 2.05) is 4.90 Å². The average Bonchev–Trinajstić information content (AvgIpc) is 3.09. The number of hydrogen-bond donors (Lipinski definition) is 1. The zero-order valence-corrected chi connectivity index (χ0v) is 13.3. The van der Waals surface area contributed by atoms with E-state index in [1.54, 1.807) is 0 Å². The highest BCUT2D eigenvalue weighted by Gasteiger charge is 2.31. The Bertz CT molecular complexity index is 265. The first-order valence-corrected chi connectivity index (χ1v) is 7.61. The maximum absolute atomic E-state index is 12.2. The second kappa shape index (κ2) is 7.85. The minimum Gasteiger partial charge on any atom is -0.339 e. The van der Waals surface area contributed by atoms with E-state index >= 15 is 0 Å². The lowest BCUT2D eigenvalue weighted by Crippen LogP contribution is -2.46. The Morgan fingerprint density at radius 2 is 1.95 bits per heavy atom. The van der Waals surface area contributed by atoms with Gasteiger partial charge in [0.05, 0.1) is 6.54 Å². The van der Waals surface area contributed by atoms with E-state index in [2.05, 4.69) is 45.1 Å². The van der Waals surface area contributed by atoms with Crippen LogP contribution in [-0.2, 0) is 4.79 Å². The van der Waals surface area contributed by atoms with Gasteiger partial charge in [-0.25, -0.2) is 0 Å². The summed E-state index contributed by atoms with van der Waals surface area (Å²) in [7, 11) is 4.17. The molecule has 1 rings (SSSR count). The Balaban J connectivity index is 2.38. The average molecular weight is 269 g/mol. The predicted molar refractivity (Wildman–Crippen MR) is 80.2 cm³/mol. The first kappa shape index (κ1) is 16.4. The maximum Gasteiger partial charge on any atom is 0.236 e. The molecule has 4 nitrogen and oxygen atoms in total. The van der Waals surface area contributed by atoms with Crippen LogP contribution in [0.2, 0.25) is 0 Å². The molecule has 1 aliphatic carbocycles. The first-order chi connectivity index (χ1) is 8.93. The number of likely N-dealkylation sites (N-methyl/N-ethyl adjacent to an activating group) is 2. The SMILES string of the molecule is CCN(C(=O)CNC(CC(C)C)CN(C)C)C1CC1. The molecule has 112 valence electrons. The molecule has 1 unspecified atom stereocenters. The third-order valence-electron chi connectivity index (χ3n) is 3.53. The zero-order valence-electron chi connectivity index (χ0n) is 13.3.